The highest BCUT2D eigenvalue weighted by molar-refractivity contribution is 7.98. The molecule has 208 valence electrons. The van der Waals surface area contributed by atoms with Gasteiger partial charge in [-0.05, 0) is 28.8 Å². The molecule has 3 aromatic carbocycles. The highest BCUT2D eigenvalue weighted by Crippen LogP contribution is 2.45. The second kappa shape index (κ2) is 10.4. The van der Waals surface area contributed by atoms with Crippen LogP contribution < -0.4 is 15.2 Å². The fourth-order valence-corrected chi connectivity index (χ4v) is 6.95. The van der Waals surface area contributed by atoms with Crippen molar-refractivity contribution in [2.45, 2.75) is 29.5 Å². The lowest BCUT2D eigenvalue weighted by Gasteiger charge is -2.51. The molecule has 0 N–H and O–H groups in total. The third kappa shape index (κ3) is 4.29. The van der Waals surface area contributed by atoms with Gasteiger partial charge in [-0.3, -0.25) is 19.3 Å². The molecule has 2 atom stereocenters. The zero-order valence-electron chi connectivity index (χ0n) is 21.8. The van der Waals surface area contributed by atoms with Crippen LogP contribution in [0.2, 0.25) is 0 Å². The summed E-state index contributed by atoms with van der Waals surface area (Å²) in [4.78, 5) is 29.8. The predicted octanol–water partition coefficient (Wildman–Crippen LogP) is 4.85. The Balaban J connectivity index is 1.45. The van der Waals surface area contributed by atoms with Crippen LogP contribution in [0.25, 0.3) is 0 Å². The smallest absolute Gasteiger partial charge is 0.278 e. The van der Waals surface area contributed by atoms with Crippen LogP contribution in [0, 0.1) is 11.6 Å². The summed E-state index contributed by atoms with van der Waals surface area (Å²) in [5.74, 6) is -1.96. The third-order valence-corrected chi connectivity index (χ3v) is 8.87. The van der Waals surface area contributed by atoms with Crippen LogP contribution in [-0.4, -0.2) is 41.4 Å². The van der Waals surface area contributed by atoms with Crippen molar-refractivity contribution in [3.05, 3.63) is 129 Å². The maximum Gasteiger partial charge on any atom is 0.278 e. The van der Waals surface area contributed by atoms with Crippen molar-refractivity contribution in [1.29, 1.82) is 0 Å². The molecule has 0 unspecified atom stereocenters. The number of hydrogen-bond donors (Lipinski definition) is 0. The van der Waals surface area contributed by atoms with Gasteiger partial charge in [0.25, 0.3) is 5.91 Å². The van der Waals surface area contributed by atoms with Crippen LogP contribution >= 0.6 is 11.8 Å². The lowest BCUT2D eigenvalue weighted by molar-refractivity contribution is -0.0199. The molecule has 1 fully saturated rings. The summed E-state index contributed by atoms with van der Waals surface area (Å²) < 4.78 is 43.4. The maximum absolute atomic E-state index is 15.3. The van der Waals surface area contributed by atoms with E-state index in [0.717, 1.165) is 22.1 Å². The summed E-state index contributed by atoms with van der Waals surface area (Å²) in [6.07, 6.45) is 0.979. The fourth-order valence-electron chi connectivity index (χ4n) is 5.84. The predicted molar refractivity (Wildman–Crippen MR) is 150 cm³/mol. The molecule has 4 heterocycles. The van der Waals surface area contributed by atoms with Crippen LogP contribution in [0.5, 0.6) is 5.75 Å². The molecule has 0 saturated carbocycles. The van der Waals surface area contributed by atoms with Gasteiger partial charge < -0.3 is 14.4 Å². The average Bonchev–Trinajstić information content (AvgIpc) is 3.17. The maximum atomic E-state index is 15.3. The van der Waals surface area contributed by atoms with Crippen LogP contribution in [-0.2, 0) is 17.1 Å². The minimum atomic E-state index is -0.911. The first kappa shape index (κ1) is 25.8. The number of halogens is 2. The van der Waals surface area contributed by atoms with Crippen LogP contribution in [0.3, 0.4) is 0 Å². The standard InChI is InChI=1S/C31H25F2N3O4S/c32-23-11-10-20-22(27(23)33)18-41-25-9-5-4-8-21(25)28(20)36-26-17-39-15-14-34(26)31(38)29-30(24(37)12-13-35(29)36)40-16-19-6-2-1-3-7-19/h1-13,26,28H,14-18H2/t26-,28-/m0/s1. The third-order valence-electron chi connectivity index (χ3n) is 7.76. The van der Waals surface area contributed by atoms with Gasteiger partial charge in [0.2, 0.25) is 5.43 Å². The number of thioether (sulfide) groups is 1. The molecule has 0 spiro atoms. The number of carbonyl (C=O) groups excluding carboxylic acids is 1. The number of hydrogen-bond acceptors (Lipinski definition) is 6. The number of aromatic nitrogens is 1. The molecule has 0 bridgehead atoms. The van der Waals surface area contributed by atoms with E-state index in [9.17, 15) is 14.0 Å². The van der Waals surface area contributed by atoms with E-state index in [-0.39, 0.29) is 41.9 Å². The van der Waals surface area contributed by atoms with E-state index in [0.29, 0.717) is 18.7 Å². The highest BCUT2D eigenvalue weighted by atomic mass is 32.2. The number of pyridine rings is 1. The lowest BCUT2D eigenvalue weighted by Crippen LogP contribution is -2.66. The van der Waals surface area contributed by atoms with Gasteiger partial charge in [-0.1, -0.05) is 54.6 Å². The van der Waals surface area contributed by atoms with Gasteiger partial charge in [-0.25, -0.2) is 8.78 Å². The second-order valence-corrected chi connectivity index (χ2v) is 11.1. The fraction of sp³-hybridized carbons (Fsp3) is 0.226. The molecule has 0 aliphatic carbocycles. The first-order valence-electron chi connectivity index (χ1n) is 13.3. The van der Waals surface area contributed by atoms with Crippen molar-refractivity contribution in [1.82, 2.24) is 9.58 Å². The summed E-state index contributed by atoms with van der Waals surface area (Å²) in [5, 5.41) is 1.94. The van der Waals surface area contributed by atoms with E-state index in [1.165, 1.54) is 17.8 Å². The van der Waals surface area contributed by atoms with Gasteiger partial charge >= 0.3 is 0 Å². The van der Waals surface area contributed by atoms with E-state index < -0.39 is 29.3 Å². The normalized spacial score (nSPS) is 19.5. The summed E-state index contributed by atoms with van der Waals surface area (Å²) in [7, 11) is 0. The number of benzene rings is 3. The highest BCUT2D eigenvalue weighted by Gasteiger charge is 2.46. The van der Waals surface area contributed by atoms with E-state index >= 15 is 4.39 Å². The topological polar surface area (TPSA) is 64.0 Å². The van der Waals surface area contributed by atoms with E-state index in [1.807, 2.05) is 59.6 Å². The molecule has 7 rings (SSSR count). The summed E-state index contributed by atoms with van der Waals surface area (Å²) >= 11 is 1.44. The van der Waals surface area contributed by atoms with Crippen LogP contribution in [0.15, 0.2) is 88.7 Å². The van der Waals surface area contributed by atoms with Crippen molar-refractivity contribution >= 4 is 17.7 Å². The molecular formula is C31H25F2N3O4S. The summed E-state index contributed by atoms with van der Waals surface area (Å²) in [6.45, 7) is 0.932. The molecule has 3 aliphatic heterocycles. The van der Waals surface area contributed by atoms with Gasteiger partial charge in [0.1, 0.15) is 12.8 Å². The van der Waals surface area contributed by atoms with E-state index in [2.05, 4.69) is 0 Å². The number of carbonyl (C=O) groups is 1. The molecular weight excluding hydrogens is 548 g/mol. The Morgan fingerprint density at radius 2 is 1.76 bits per heavy atom. The minimum Gasteiger partial charge on any atom is -0.482 e. The van der Waals surface area contributed by atoms with Gasteiger partial charge in [-0.2, -0.15) is 0 Å². The molecule has 10 heteroatoms. The Labute approximate surface area is 238 Å². The molecule has 1 saturated heterocycles. The first-order chi connectivity index (χ1) is 20.0. The van der Waals surface area contributed by atoms with Gasteiger partial charge in [0.05, 0.1) is 19.3 Å². The zero-order valence-corrected chi connectivity index (χ0v) is 22.7. The largest absolute Gasteiger partial charge is 0.482 e. The molecule has 0 radical (unpaired) electrons. The summed E-state index contributed by atoms with van der Waals surface area (Å²) in [6, 6.07) is 20.6. The Bertz CT molecular complexity index is 1710. The minimum absolute atomic E-state index is 0.0573. The average molecular weight is 574 g/mol. The van der Waals surface area contributed by atoms with Crippen molar-refractivity contribution in [2.75, 3.05) is 24.8 Å². The number of fused-ring (bicyclic) bond motifs is 4. The van der Waals surface area contributed by atoms with Crippen molar-refractivity contribution in [3.63, 3.8) is 0 Å². The zero-order chi connectivity index (χ0) is 28.1. The lowest BCUT2D eigenvalue weighted by atomic mass is 9.93. The van der Waals surface area contributed by atoms with Crippen LogP contribution in [0.1, 0.15) is 38.8 Å². The van der Waals surface area contributed by atoms with Crippen LogP contribution in [0.4, 0.5) is 8.78 Å². The Kier molecular flexibility index (Phi) is 6.51. The van der Waals surface area contributed by atoms with Gasteiger partial charge in [-0.15, -0.1) is 11.8 Å². The Morgan fingerprint density at radius 3 is 2.61 bits per heavy atom. The Hall–Kier alpha value is -4.15. The second-order valence-electron chi connectivity index (χ2n) is 10.1. The molecule has 1 amide bonds. The van der Waals surface area contributed by atoms with Gasteiger partial charge in [0, 0.05) is 35.0 Å². The van der Waals surface area contributed by atoms with Crippen molar-refractivity contribution in [3.8, 4) is 5.75 Å². The molecule has 4 aromatic rings. The molecule has 1 aromatic heterocycles. The van der Waals surface area contributed by atoms with E-state index in [4.69, 9.17) is 9.47 Å². The number of ether oxygens (including phenoxy) is 2. The Morgan fingerprint density at radius 1 is 0.951 bits per heavy atom. The number of amides is 1. The molecule has 3 aliphatic rings. The quantitative estimate of drug-likeness (QED) is 0.348. The summed E-state index contributed by atoms with van der Waals surface area (Å²) in [5.41, 5.74) is 2.23. The monoisotopic (exact) mass is 573 g/mol. The van der Waals surface area contributed by atoms with Gasteiger partial charge in [0.15, 0.2) is 23.1 Å². The van der Waals surface area contributed by atoms with E-state index in [1.54, 1.807) is 21.8 Å². The number of rotatable bonds is 4. The molecule has 41 heavy (non-hydrogen) atoms. The number of nitrogens with zero attached hydrogens (tertiary/aromatic N) is 3. The molecule has 7 nitrogen and oxygen atoms in total. The SMILES string of the molecule is O=C1c2c(OCc3ccccc3)c(=O)ccn2N([C@@H]2c3ccccc3SCc3c2ccc(F)c3F)[C@H]2COCCN12. The number of morpholine rings is 1. The van der Waals surface area contributed by atoms with Crippen molar-refractivity contribution < 1.29 is 23.0 Å². The first-order valence-corrected chi connectivity index (χ1v) is 14.3. The van der Waals surface area contributed by atoms with Crippen molar-refractivity contribution in [2.24, 2.45) is 0 Å².